The first-order valence-corrected chi connectivity index (χ1v) is 13.7. The molecule has 1 rings (SSSR count). The summed E-state index contributed by atoms with van der Waals surface area (Å²) in [5.41, 5.74) is 1.69. The Bertz CT molecular complexity index is 959. The van der Waals surface area contributed by atoms with E-state index in [-0.39, 0.29) is 13.1 Å². The number of esters is 1. The second-order valence-corrected chi connectivity index (χ2v) is 10.7. The number of carbonyl (C=O) groups excluding carboxylic acids is 4. The molecular weight excluding hydrogens is 502 g/mol. The molecule has 220 valence electrons. The summed E-state index contributed by atoms with van der Waals surface area (Å²) >= 11 is 0. The Hall–Kier alpha value is -3.14. The molecule has 1 aromatic rings. The van der Waals surface area contributed by atoms with E-state index in [1.807, 2.05) is 26.0 Å². The lowest BCUT2D eigenvalue weighted by Gasteiger charge is -2.34. The second-order valence-electron chi connectivity index (χ2n) is 10.7. The largest absolute Gasteiger partial charge is 0.468 e. The average Bonchev–Trinajstić information content (AvgIpc) is 2.87. The van der Waals surface area contributed by atoms with Crippen LogP contribution in [-0.2, 0) is 23.9 Å². The van der Waals surface area contributed by atoms with Crippen molar-refractivity contribution in [2.24, 2.45) is 0 Å². The van der Waals surface area contributed by atoms with Crippen molar-refractivity contribution < 1.29 is 33.8 Å². The number of methoxy groups -OCH3 is 1. The lowest BCUT2D eigenvalue weighted by molar-refractivity contribution is -0.145. The first-order valence-electron chi connectivity index (χ1n) is 13.7. The van der Waals surface area contributed by atoms with Crippen molar-refractivity contribution >= 4 is 23.9 Å². The number of alkyl carbamates (subject to hydrolysis) is 1. The molecule has 0 bridgehead atoms. The van der Waals surface area contributed by atoms with E-state index in [0.717, 1.165) is 43.2 Å². The zero-order valence-electron chi connectivity index (χ0n) is 24.6. The highest BCUT2D eigenvalue weighted by Crippen LogP contribution is 2.26. The molecule has 0 fully saturated rings. The second kappa shape index (κ2) is 16.7. The van der Waals surface area contributed by atoms with Crippen molar-refractivity contribution in [1.82, 2.24) is 15.5 Å². The summed E-state index contributed by atoms with van der Waals surface area (Å²) in [6.45, 7) is 10.2. The number of rotatable bonds is 15. The van der Waals surface area contributed by atoms with Crippen molar-refractivity contribution in [2.75, 3.05) is 26.8 Å². The third-order valence-electron chi connectivity index (χ3n) is 6.25. The van der Waals surface area contributed by atoms with Crippen LogP contribution in [0.1, 0.15) is 89.0 Å². The van der Waals surface area contributed by atoms with Crippen molar-refractivity contribution in [3.05, 3.63) is 34.9 Å². The molecule has 2 unspecified atom stereocenters. The molecule has 0 saturated heterocycles. The predicted octanol–water partition coefficient (Wildman–Crippen LogP) is 3.71. The van der Waals surface area contributed by atoms with E-state index in [4.69, 9.17) is 4.74 Å². The number of nitrogens with one attached hydrogen (secondary N) is 2. The SMILES string of the molecule is CCCCCCCCN(C(=O)C(CO)NC(=O)OC(C)(C)C)C(C(=O)NCC(=O)OC)c1ccc(C)c(C)c1. The molecule has 39 heavy (non-hydrogen) atoms. The van der Waals surface area contributed by atoms with E-state index in [9.17, 15) is 24.3 Å². The molecule has 10 heteroatoms. The zero-order valence-corrected chi connectivity index (χ0v) is 24.6. The van der Waals surface area contributed by atoms with Gasteiger partial charge in [-0.05, 0) is 57.7 Å². The van der Waals surface area contributed by atoms with Crippen LogP contribution in [0, 0.1) is 13.8 Å². The number of aliphatic hydroxyl groups is 1. The fourth-order valence-electron chi connectivity index (χ4n) is 4.00. The van der Waals surface area contributed by atoms with Crippen LogP contribution in [0.25, 0.3) is 0 Å². The molecule has 0 heterocycles. The number of unbranched alkanes of at least 4 members (excludes halogenated alkanes) is 5. The van der Waals surface area contributed by atoms with Gasteiger partial charge in [0, 0.05) is 6.54 Å². The number of aryl methyl sites for hydroxylation is 2. The van der Waals surface area contributed by atoms with Gasteiger partial charge in [0.15, 0.2) is 0 Å². The molecule has 0 aromatic heterocycles. The summed E-state index contributed by atoms with van der Waals surface area (Å²) in [4.78, 5) is 52.9. The van der Waals surface area contributed by atoms with Gasteiger partial charge >= 0.3 is 12.1 Å². The van der Waals surface area contributed by atoms with Crippen LogP contribution in [-0.4, -0.2) is 72.3 Å². The van der Waals surface area contributed by atoms with Crippen molar-refractivity contribution in [1.29, 1.82) is 0 Å². The molecule has 0 aliphatic rings. The van der Waals surface area contributed by atoms with Gasteiger partial charge in [-0.2, -0.15) is 0 Å². The predicted molar refractivity (Wildman–Crippen MR) is 149 cm³/mol. The van der Waals surface area contributed by atoms with E-state index in [2.05, 4.69) is 22.3 Å². The monoisotopic (exact) mass is 549 g/mol. The molecule has 3 amide bonds. The van der Waals surface area contributed by atoms with Gasteiger partial charge in [-0.15, -0.1) is 0 Å². The van der Waals surface area contributed by atoms with Crippen molar-refractivity contribution in [3.63, 3.8) is 0 Å². The topological polar surface area (TPSA) is 134 Å². The third-order valence-corrected chi connectivity index (χ3v) is 6.25. The van der Waals surface area contributed by atoms with Gasteiger partial charge in [0.1, 0.15) is 24.2 Å². The Balaban J connectivity index is 3.40. The Morgan fingerprint density at radius 2 is 1.64 bits per heavy atom. The van der Waals surface area contributed by atoms with E-state index < -0.39 is 48.2 Å². The highest BCUT2D eigenvalue weighted by molar-refractivity contribution is 5.93. The number of nitrogens with zero attached hydrogens (tertiary/aromatic N) is 1. The third kappa shape index (κ3) is 12.1. The summed E-state index contributed by atoms with van der Waals surface area (Å²) in [6, 6.07) is 3.02. The number of hydrogen-bond donors (Lipinski definition) is 3. The summed E-state index contributed by atoms with van der Waals surface area (Å²) in [6.07, 6.45) is 4.89. The fourth-order valence-corrected chi connectivity index (χ4v) is 4.00. The molecule has 0 radical (unpaired) electrons. The highest BCUT2D eigenvalue weighted by Gasteiger charge is 2.36. The van der Waals surface area contributed by atoms with Crippen molar-refractivity contribution in [2.45, 2.75) is 97.8 Å². The summed E-state index contributed by atoms with van der Waals surface area (Å²) in [5, 5.41) is 15.1. The first kappa shape index (κ1) is 33.9. The maximum Gasteiger partial charge on any atom is 0.408 e. The fraction of sp³-hybridized carbons (Fsp3) is 0.655. The maximum absolute atomic E-state index is 13.8. The number of hydrogen-bond acceptors (Lipinski definition) is 7. The Labute approximate surface area is 232 Å². The average molecular weight is 550 g/mol. The van der Waals surface area contributed by atoms with Crippen LogP contribution in [0.2, 0.25) is 0 Å². The molecule has 0 spiro atoms. The Morgan fingerprint density at radius 3 is 2.21 bits per heavy atom. The van der Waals surface area contributed by atoms with Crippen LogP contribution in [0.3, 0.4) is 0 Å². The van der Waals surface area contributed by atoms with Crippen LogP contribution in [0.4, 0.5) is 4.79 Å². The van der Waals surface area contributed by atoms with E-state index >= 15 is 0 Å². The smallest absolute Gasteiger partial charge is 0.408 e. The van der Waals surface area contributed by atoms with Crippen molar-refractivity contribution in [3.8, 4) is 0 Å². The lowest BCUT2D eigenvalue weighted by atomic mass is 9.98. The normalized spacial score (nSPS) is 12.7. The number of benzene rings is 1. The van der Waals surface area contributed by atoms with E-state index in [0.29, 0.717) is 12.0 Å². The molecule has 0 saturated carbocycles. The number of carbonyl (C=O) groups is 4. The van der Waals surface area contributed by atoms with Crippen LogP contribution in [0.5, 0.6) is 0 Å². The Morgan fingerprint density at radius 1 is 1.00 bits per heavy atom. The molecule has 1 aromatic carbocycles. The summed E-state index contributed by atoms with van der Waals surface area (Å²) < 4.78 is 9.92. The van der Waals surface area contributed by atoms with Gasteiger partial charge in [0.2, 0.25) is 11.8 Å². The summed E-state index contributed by atoms with van der Waals surface area (Å²) in [7, 11) is 1.22. The number of amides is 3. The minimum Gasteiger partial charge on any atom is -0.468 e. The highest BCUT2D eigenvalue weighted by atomic mass is 16.6. The van der Waals surface area contributed by atoms with Crippen LogP contribution >= 0.6 is 0 Å². The maximum atomic E-state index is 13.8. The van der Waals surface area contributed by atoms with Crippen LogP contribution in [0.15, 0.2) is 18.2 Å². The van der Waals surface area contributed by atoms with Gasteiger partial charge in [-0.25, -0.2) is 4.79 Å². The van der Waals surface area contributed by atoms with Gasteiger partial charge < -0.3 is 30.1 Å². The van der Waals surface area contributed by atoms with Gasteiger partial charge in [-0.3, -0.25) is 14.4 Å². The molecule has 2 atom stereocenters. The van der Waals surface area contributed by atoms with Crippen LogP contribution < -0.4 is 10.6 Å². The number of ether oxygens (including phenoxy) is 2. The van der Waals surface area contributed by atoms with E-state index in [1.54, 1.807) is 26.8 Å². The minimum absolute atomic E-state index is 0.209. The minimum atomic E-state index is -1.33. The van der Waals surface area contributed by atoms with Gasteiger partial charge in [0.25, 0.3) is 0 Å². The first-order chi connectivity index (χ1) is 18.3. The standard InChI is InChI=1S/C29H47N3O7/c1-8-9-10-11-12-13-16-32(27(36)23(19-33)31-28(37)39-29(4,5)6)25(26(35)30-18-24(34)38-7)22-15-14-20(2)21(3)17-22/h14-15,17,23,25,33H,8-13,16,18-19H2,1-7H3,(H,30,35)(H,31,37). The molecule has 10 nitrogen and oxygen atoms in total. The molecule has 3 N–H and O–H groups in total. The number of aliphatic hydroxyl groups excluding tert-OH is 1. The van der Waals surface area contributed by atoms with Gasteiger partial charge in [0.05, 0.1) is 13.7 Å². The molecule has 0 aliphatic heterocycles. The summed E-state index contributed by atoms with van der Waals surface area (Å²) in [5.74, 6) is -1.83. The Kier molecular flexibility index (Phi) is 14.5. The molecule has 0 aliphatic carbocycles. The molecular formula is C29H47N3O7. The van der Waals surface area contributed by atoms with Gasteiger partial charge in [-0.1, -0.05) is 57.2 Å². The van der Waals surface area contributed by atoms with E-state index in [1.165, 1.54) is 12.0 Å². The lowest BCUT2D eigenvalue weighted by Crippen LogP contribution is -2.54. The quantitative estimate of drug-likeness (QED) is 0.224. The zero-order chi connectivity index (χ0) is 29.6.